The number of hydrogen-bond donors (Lipinski definition) is 1. The van der Waals surface area contributed by atoms with Gasteiger partial charge in [0.2, 0.25) is 0 Å². The lowest BCUT2D eigenvalue weighted by atomic mass is 10.1. The lowest BCUT2D eigenvalue weighted by Gasteiger charge is -2.12. The first-order chi connectivity index (χ1) is 14.9. The Balaban J connectivity index is 1.65. The molecule has 0 aliphatic rings. The van der Waals surface area contributed by atoms with Crippen LogP contribution >= 0.6 is 0 Å². The minimum atomic E-state index is -0.603. The fourth-order valence-corrected chi connectivity index (χ4v) is 3.38. The van der Waals surface area contributed by atoms with Crippen LogP contribution < -0.4 is 15.7 Å². The summed E-state index contributed by atoms with van der Waals surface area (Å²) in [4.78, 5) is 25.2. The number of aromatic nitrogens is 2. The second kappa shape index (κ2) is 8.47. The highest BCUT2D eigenvalue weighted by Gasteiger charge is 2.17. The van der Waals surface area contributed by atoms with Crippen LogP contribution in [0, 0.1) is 6.92 Å². The third-order valence-corrected chi connectivity index (χ3v) is 4.65. The Morgan fingerprint density at radius 3 is 2.65 bits per heavy atom. The van der Waals surface area contributed by atoms with E-state index in [2.05, 4.69) is 10.4 Å². The largest absolute Gasteiger partial charge is 0.491 e. The zero-order valence-corrected chi connectivity index (χ0v) is 17.6. The van der Waals surface area contributed by atoms with E-state index in [4.69, 9.17) is 9.15 Å². The van der Waals surface area contributed by atoms with E-state index >= 15 is 0 Å². The first-order valence-corrected chi connectivity index (χ1v) is 10.0. The summed E-state index contributed by atoms with van der Waals surface area (Å²) in [6.45, 7) is 6.19. The molecule has 0 fully saturated rings. The Hall–Kier alpha value is -3.87. The van der Waals surface area contributed by atoms with Crippen molar-refractivity contribution in [1.29, 1.82) is 0 Å². The van der Waals surface area contributed by atoms with Crippen LogP contribution in [0.2, 0.25) is 0 Å². The highest BCUT2D eigenvalue weighted by atomic mass is 16.5. The lowest BCUT2D eigenvalue weighted by Crippen LogP contribution is -2.18. The number of anilines is 1. The molecule has 0 radical (unpaired) electrons. The maximum absolute atomic E-state index is 13.1. The molecule has 0 aliphatic carbocycles. The van der Waals surface area contributed by atoms with Gasteiger partial charge in [0.05, 0.1) is 23.9 Å². The van der Waals surface area contributed by atoms with Gasteiger partial charge in [-0.15, -0.1) is 0 Å². The van der Waals surface area contributed by atoms with Gasteiger partial charge in [0.25, 0.3) is 5.91 Å². The highest BCUT2D eigenvalue weighted by molar-refractivity contribution is 6.11. The molecule has 0 atom stereocenters. The predicted octanol–water partition coefficient (Wildman–Crippen LogP) is 4.39. The summed E-state index contributed by atoms with van der Waals surface area (Å²) >= 11 is 0. The van der Waals surface area contributed by atoms with Crippen molar-refractivity contribution in [3.8, 4) is 5.75 Å². The van der Waals surface area contributed by atoms with Gasteiger partial charge in [0, 0.05) is 23.6 Å². The molecule has 0 spiro atoms. The van der Waals surface area contributed by atoms with Gasteiger partial charge in [-0.25, -0.2) is 9.48 Å². The number of nitrogens with zero attached hydrogens (tertiary/aromatic N) is 2. The second-order valence-corrected chi connectivity index (χ2v) is 7.57. The molecule has 31 heavy (non-hydrogen) atoms. The molecule has 2 aromatic heterocycles. The van der Waals surface area contributed by atoms with Crippen molar-refractivity contribution < 1.29 is 13.9 Å². The van der Waals surface area contributed by atoms with Crippen LogP contribution in [0.3, 0.4) is 0 Å². The Morgan fingerprint density at radius 1 is 1.13 bits per heavy atom. The van der Waals surface area contributed by atoms with Crippen molar-refractivity contribution in [3.63, 3.8) is 0 Å². The third kappa shape index (κ3) is 4.66. The average molecular weight is 417 g/mol. The Morgan fingerprint density at radius 2 is 1.90 bits per heavy atom. The van der Waals surface area contributed by atoms with Crippen molar-refractivity contribution in [2.45, 2.75) is 33.4 Å². The molecule has 7 nitrogen and oxygen atoms in total. The molecule has 4 aromatic rings. The minimum absolute atomic E-state index is 0.0243. The van der Waals surface area contributed by atoms with Crippen LogP contribution in [-0.2, 0) is 6.54 Å². The van der Waals surface area contributed by atoms with Crippen LogP contribution in [0.25, 0.3) is 11.0 Å². The van der Waals surface area contributed by atoms with E-state index < -0.39 is 11.5 Å². The molecule has 2 heterocycles. The maximum Gasteiger partial charge on any atom is 0.337 e. The first kappa shape index (κ1) is 20.4. The molecule has 0 aliphatic heterocycles. The fraction of sp³-hybridized carbons (Fsp3) is 0.208. The Bertz CT molecular complexity index is 1290. The molecule has 0 saturated heterocycles. The van der Waals surface area contributed by atoms with E-state index in [0.717, 1.165) is 11.3 Å². The summed E-state index contributed by atoms with van der Waals surface area (Å²) in [5.41, 5.74) is 1.76. The van der Waals surface area contributed by atoms with Crippen LogP contribution in [0.15, 0.2) is 69.9 Å². The van der Waals surface area contributed by atoms with Gasteiger partial charge in [-0.1, -0.05) is 30.3 Å². The van der Waals surface area contributed by atoms with Gasteiger partial charge in [-0.05, 0) is 38.5 Å². The van der Waals surface area contributed by atoms with E-state index in [1.54, 1.807) is 28.9 Å². The number of benzene rings is 2. The molecule has 0 unspecified atom stereocenters. The number of carbonyl (C=O) groups is 1. The van der Waals surface area contributed by atoms with Crippen molar-refractivity contribution >= 4 is 22.7 Å². The number of nitrogens with one attached hydrogen (secondary N) is 1. The molecule has 0 bridgehead atoms. The number of hydrogen-bond acceptors (Lipinski definition) is 5. The normalized spacial score (nSPS) is 11.1. The molecule has 4 rings (SSSR count). The van der Waals surface area contributed by atoms with Crippen molar-refractivity contribution in [2.75, 3.05) is 5.32 Å². The molecular formula is C24H23N3O4. The van der Waals surface area contributed by atoms with Crippen LogP contribution in [0.4, 0.5) is 5.82 Å². The quantitative estimate of drug-likeness (QED) is 0.470. The van der Waals surface area contributed by atoms with E-state index in [-0.39, 0.29) is 11.7 Å². The predicted molar refractivity (Wildman–Crippen MR) is 119 cm³/mol. The summed E-state index contributed by atoms with van der Waals surface area (Å²) in [6.07, 6.45) is -0.0243. The summed E-state index contributed by atoms with van der Waals surface area (Å²) in [5, 5.41) is 7.89. The summed E-state index contributed by atoms with van der Waals surface area (Å²) in [7, 11) is 0. The van der Waals surface area contributed by atoms with Crippen LogP contribution in [-0.4, -0.2) is 21.8 Å². The van der Waals surface area contributed by atoms with E-state index in [1.807, 2.05) is 51.1 Å². The number of fused-ring (bicyclic) bond motifs is 1. The van der Waals surface area contributed by atoms with Gasteiger partial charge < -0.3 is 14.5 Å². The van der Waals surface area contributed by atoms with Crippen LogP contribution in [0.1, 0.15) is 35.5 Å². The van der Waals surface area contributed by atoms with Crippen molar-refractivity contribution in [2.24, 2.45) is 0 Å². The molecule has 7 heteroatoms. The maximum atomic E-state index is 13.1. The van der Waals surface area contributed by atoms with Gasteiger partial charge >= 0.3 is 5.63 Å². The second-order valence-electron chi connectivity index (χ2n) is 7.57. The van der Waals surface area contributed by atoms with E-state index in [1.165, 1.54) is 6.07 Å². The van der Waals surface area contributed by atoms with Gasteiger partial charge in [-0.2, -0.15) is 5.10 Å². The molecular weight excluding hydrogens is 394 g/mol. The number of rotatable bonds is 6. The number of carbonyl (C=O) groups excluding carboxylic acids is 1. The molecule has 0 saturated carbocycles. The standard InChI is InChI=1S/C24H23N3O4/c1-15(2)30-18-9-10-19-20(13-23(28)31-21(19)12-18)24(29)25-22-11-16(3)26-27(22)14-17-7-5-4-6-8-17/h4-13,15H,14H2,1-3H3,(H,25,29). The van der Waals surface area contributed by atoms with Crippen molar-refractivity contribution in [3.05, 3.63) is 87.9 Å². The SMILES string of the molecule is Cc1cc(NC(=O)c2cc(=O)oc3cc(OC(C)C)ccc23)n(Cc2ccccc2)n1. The highest BCUT2D eigenvalue weighted by Crippen LogP contribution is 2.24. The topological polar surface area (TPSA) is 86.4 Å². The zero-order valence-electron chi connectivity index (χ0n) is 17.6. The smallest absolute Gasteiger partial charge is 0.337 e. The molecule has 2 aromatic carbocycles. The minimum Gasteiger partial charge on any atom is -0.491 e. The molecule has 158 valence electrons. The van der Waals surface area contributed by atoms with E-state index in [9.17, 15) is 9.59 Å². The van der Waals surface area contributed by atoms with Gasteiger partial charge in [-0.3, -0.25) is 4.79 Å². The summed E-state index contributed by atoms with van der Waals surface area (Å²) < 4.78 is 12.7. The Labute approximate surface area is 179 Å². The number of amides is 1. The van der Waals surface area contributed by atoms with Crippen LogP contribution in [0.5, 0.6) is 5.75 Å². The number of ether oxygens (including phenoxy) is 1. The monoisotopic (exact) mass is 417 g/mol. The molecule has 1 amide bonds. The van der Waals surface area contributed by atoms with Gasteiger partial charge in [0.15, 0.2) is 0 Å². The summed E-state index contributed by atoms with van der Waals surface area (Å²) in [5.74, 6) is 0.705. The van der Waals surface area contributed by atoms with Gasteiger partial charge in [0.1, 0.15) is 17.2 Å². The summed E-state index contributed by atoms with van der Waals surface area (Å²) in [6, 6.07) is 17.9. The zero-order chi connectivity index (χ0) is 22.0. The lowest BCUT2D eigenvalue weighted by molar-refractivity contribution is 0.102. The molecule has 1 N–H and O–H groups in total. The first-order valence-electron chi connectivity index (χ1n) is 10.0. The van der Waals surface area contributed by atoms with Crippen molar-refractivity contribution in [1.82, 2.24) is 9.78 Å². The Kier molecular flexibility index (Phi) is 5.58. The fourth-order valence-electron chi connectivity index (χ4n) is 3.38. The third-order valence-electron chi connectivity index (χ3n) is 4.65. The van der Waals surface area contributed by atoms with E-state index in [0.29, 0.717) is 29.1 Å². The average Bonchev–Trinajstić information content (AvgIpc) is 3.05. The number of aryl methyl sites for hydroxylation is 1.